The zero-order valence-electron chi connectivity index (χ0n) is 4.61. The fourth-order valence-electron chi connectivity index (χ4n) is 0.282. The molecule has 0 N–H and O–H groups in total. The molecule has 0 saturated heterocycles. The summed E-state index contributed by atoms with van der Waals surface area (Å²) in [7, 11) is 0. The lowest BCUT2D eigenvalue weighted by Crippen LogP contribution is -1.73. The van der Waals surface area contributed by atoms with E-state index in [1.54, 1.807) is 13.0 Å². The molecule has 0 bridgehead atoms. The van der Waals surface area contributed by atoms with Crippen molar-refractivity contribution in [1.82, 2.24) is 0 Å². The molecular weight excluding hydrogens is 105 g/mol. The van der Waals surface area contributed by atoms with Gasteiger partial charge in [0.2, 0.25) is 0 Å². The average molecular weight is 111 g/mol. The Morgan fingerprint density at radius 2 is 2.38 bits per heavy atom. The van der Waals surface area contributed by atoms with Crippen LogP contribution in [0.25, 0.3) is 0 Å². The maximum Gasteiger partial charge on any atom is 0.133 e. The zero-order valence-corrected chi connectivity index (χ0v) is 4.61. The Morgan fingerprint density at radius 3 is 2.38 bits per heavy atom. The van der Waals surface area contributed by atoms with Crippen molar-refractivity contribution >= 4 is 0 Å². The molecule has 0 heterocycles. The van der Waals surface area contributed by atoms with Crippen molar-refractivity contribution in [3.8, 4) is 6.07 Å². The van der Waals surface area contributed by atoms with Crippen LogP contribution in [-0.2, 0) is 0 Å². The molecule has 0 atom stereocenters. The maximum absolute atomic E-state index is 11.9. The van der Waals surface area contributed by atoms with Crippen LogP contribution in [0, 0.1) is 11.3 Å². The van der Waals surface area contributed by atoms with Gasteiger partial charge in [-0.3, -0.25) is 0 Å². The molecule has 0 aliphatic carbocycles. The first-order valence-electron chi connectivity index (χ1n) is 2.13. The highest BCUT2D eigenvalue weighted by atomic mass is 19.1. The van der Waals surface area contributed by atoms with Crippen LogP contribution in [0.3, 0.4) is 0 Å². The van der Waals surface area contributed by atoms with E-state index in [0.717, 1.165) is 0 Å². The first kappa shape index (κ1) is 6.90. The fourth-order valence-corrected chi connectivity index (χ4v) is 0.282. The summed E-state index contributed by atoms with van der Waals surface area (Å²) in [6, 6.07) is 1.64. The van der Waals surface area contributed by atoms with Crippen LogP contribution in [0.1, 0.15) is 6.92 Å². The summed E-state index contributed by atoms with van der Waals surface area (Å²) in [4.78, 5) is 0. The summed E-state index contributed by atoms with van der Waals surface area (Å²) >= 11 is 0. The molecule has 0 aromatic rings. The Morgan fingerprint density at radius 1 is 1.88 bits per heavy atom. The molecule has 0 rings (SSSR count). The number of halogens is 1. The molecule has 0 aromatic heterocycles. The molecule has 0 aliphatic heterocycles. The molecule has 0 fully saturated rings. The van der Waals surface area contributed by atoms with Gasteiger partial charge in [-0.05, 0) is 6.92 Å². The van der Waals surface area contributed by atoms with Crippen LogP contribution in [0.4, 0.5) is 4.39 Å². The van der Waals surface area contributed by atoms with Crippen molar-refractivity contribution in [1.29, 1.82) is 5.26 Å². The van der Waals surface area contributed by atoms with Crippen LogP contribution in [0.5, 0.6) is 0 Å². The van der Waals surface area contributed by atoms with Crippen LogP contribution in [0.15, 0.2) is 24.1 Å². The zero-order chi connectivity index (χ0) is 6.57. The molecule has 0 radical (unpaired) electrons. The third-order valence-corrected chi connectivity index (χ3v) is 0.701. The van der Waals surface area contributed by atoms with Gasteiger partial charge in [-0.1, -0.05) is 12.7 Å². The van der Waals surface area contributed by atoms with Crippen molar-refractivity contribution < 1.29 is 4.39 Å². The van der Waals surface area contributed by atoms with E-state index in [1.807, 2.05) is 0 Å². The maximum atomic E-state index is 11.9. The van der Waals surface area contributed by atoms with Crippen molar-refractivity contribution in [2.45, 2.75) is 6.92 Å². The predicted molar refractivity (Wildman–Crippen MR) is 29.6 cm³/mol. The van der Waals surface area contributed by atoms with Gasteiger partial charge in [0.25, 0.3) is 0 Å². The minimum Gasteiger partial charge on any atom is -0.206 e. The number of nitriles is 1. The highest BCUT2D eigenvalue weighted by Crippen LogP contribution is 2.05. The Balaban J connectivity index is 4.20. The van der Waals surface area contributed by atoms with Gasteiger partial charge < -0.3 is 0 Å². The van der Waals surface area contributed by atoms with Crippen molar-refractivity contribution in [3.63, 3.8) is 0 Å². The topological polar surface area (TPSA) is 23.8 Å². The Labute approximate surface area is 47.7 Å². The lowest BCUT2D eigenvalue weighted by molar-refractivity contribution is 0.662. The van der Waals surface area contributed by atoms with Crippen molar-refractivity contribution in [2.24, 2.45) is 0 Å². The van der Waals surface area contributed by atoms with E-state index in [9.17, 15) is 4.39 Å². The second kappa shape index (κ2) is 2.98. The van der Waals surface area contributed by atoms with E-state index in [4.69, 9.17) is 5.26 Å². The molecule has 0 unspecified atom stereocenters. The van der Waals surface area contributed by atoms with E-state index in [2.05, 4.69) is 6.58 Å². The number of hydrogen-bond acceptors (Lipinski definition) is 1. The van der Waals surface area contributed by atoms with Gasteiger partial charge in [-0.25, -0.2) is 4.39 Å². The monoisotopic (exact) mass is 111 g/mol. The first-order valence-corrected chi connectivity index (χ1v) is 2.13. The van der Waals surface area contributed by atoms with E-state index >= 15 is 0 Å². The lowest BCUT2D eigenvalue weighted by atomic mass is 10.3. The van der Waals surface area contributed by atoms with E-state index < -0.39 is 5.83 Å². The normalized spacial score (nSPS) is 10.4. The standard InChI is InChI=1S/C6H6FN/c1-3-6(4-8)5(2)7/h3H,2H2,1H3. The minimum atomic E-state index is -0.671. The molecule has 0 saturated carbocycles. The highest BCUT2D eigenvalue weighted by Gasteiger charge is 1.94. The van der Waals surface area contributed by atoms with Gasteiger partial charge in [-0.15, -0.1) is 0 Å². The number of nitrogens with zero attached hydrogens (tertiary/aromatic N) is 1. The number of hydrogen-bond donors (Lipinski definition) is 0. The Bertz CT molecular complexity index is 162. The quantitative estimate of drug-likeness (QED) is 0.374. The van der Waals surface area contributed by atoms with Crippen LogP contribution < -0.4 is 0 Å². The predicted octanol–water partition coefficient (Wildman–Crippen LogP) is 1.94. The van der Waals surface area contributed by atoms with Crippen LogP contribution in [0.2, 0.25) is 0 Å². The summed E-state index contributed by atoms with van der Waals surface area (Å²) in [5.74, 6) is -0.671. The largest absolute Gasteiger partial charge is 0.206 e. The van der Waals surface area contributed by atoms with Gasteiger partial charge >= 0.3 is 0 Å². The molecule has 0 amide bonds. The molecule has 42 valence electrons. The number of rotatable bonds is 1. The van der Waals surface area contributed by atoms with Crippen LogP contribution in [-0.4, -0.2) is 0 Å². The van der Waals surface area contributed by atoms with Gasteiger partial charge in [0.15, 0.2) is 0 Å². The molecule has 8 heavy (non-hydrogen) atoms. The Hall–Kier alpha value is -1.10. The summed E-state index contributed by atoms with van der Waals surface area (Å²) in [5.41, 5.74) is 0.00463. The second-order valence-corrected chi connectivity index (χ2v) is 1.22. The van der Waals surface area contributed by atoms with Crippen molar-refractivity contribution in [2.75, 3.05) is 0 Å². The van der Waals surface area contributed by atoms with Gasteiger partial charge in [0.05, 0.1) is 5.57 Å². The number of allylic oxidation sites excluding steroid dienone is 3. The first-order chi connectivity index (χ1) is 3.72. The molecular formula is C6H6FN. The molecule has 0 spiro atoms. The SMILES string of the molecule is C=C(F)C(C#N)=CC. The van der Waals surface area contributed by atoms with Crippen LogP contribution >= 0.6 is 0 Å². The summed E-state index contributed by atoms with van der Waals surface area (Å²) in [5, 5.41) is 8.08. The molecule has 0 aromatic carbocycles. The van der Waals surface area contributed by atoms with E-state index in [0.29, 0.717) is 0 Å². The van der Waals surface area contributed by atoms with E-state index in [-0.39, 0.29) is 5.57 Å². The summed E-state index contributed by atoms with van der Waals surface area (Å²) in [6.45, 7) is 4.53. The molecule has 2 heteroatoms. The fraction of sp³-hybridized carbons (Fsp3) is 0.167. The lowest BCUT2D eigenvalue weighted by Gasteiger charge is -1.84. The third kappa shape index (κ3) is 1.57. The van der Waals surface area contributed by atoms with Gasteiger partial charge in [0, 0.05) is 0 Å². The minimum absolute atomic E-state index is 0.00463. The van der Waals surface area contributed by atoms with Gasteiger partial charge in [0.1, 0.15) is 11.9 Å². The van der Waals surface area contributed by atoms with Crippen molar-refractivity contribution in [3.05, 3.63) is 24.1 Å². The molecule has 1 nitrogen and oxygen atoms in total. The van der Waals surface area contributed by atoms with Gasteiger partial charge in [-0.2, -0.15) is 5.26 Å². The molecule has 0 aliphatic rings. The average Bonchev–Trinajstić information content (AvgIpc) is 1.69. The summed E-state index contributed by atoms with van der Waals surface area (Å²) < 4.78 is 11.9. The second-order valence-electron chi connectivity index (χ2n) is 1.22. The Kier molecular flexibility index (Phi) is 2.57. The summed E-state index contributed by atoms with van der Waals surface area (Å²) in [6.07, 6.45) is 1.38. The smallest absolute Gasteiger partial charge is 0.133 e. The highest BCUT2D eigenvalue weighted by molar-refractivity contribution is 5.35. The van der Waals surface area contributed by atoms with E-state index in [1.165, 1.54) is 6.08 Å². The third-order valence-electron chi connectivity index (χ3n) is 0.701.